The zero-order valence-electron chi connectivity index (χ0n) is 12.0. The van der Waals surface area contributed by atoms with Crippen LogP contribution in [0.5, 0.6) is 0 Å². The first-order valence-corrected chi connectivity index (χ1v) is 6.78. The van der Waals surface area contributed by atoms with Gasteiger partial charge in [0.25, 0.3) is 0 Å². The second kappa shape index (κ2) is 6.75. The van der Waals surface area contributed by atoms with Gasteiger partial charge in [0.15, 0.2) is 5.96 Å². The first-order chi connectivity index (χ1) is 9.66. The van der Waals surface area contributed by atoms with Crippen molar-refractivity contribution in [1.82, 2.24) is 15.1 Å². The molecule has 0 unspecified atom stereocenters. The fourth-order valence-electron chi connectivity index (χ4n) is 1.81. The van der Waals surface area contributed by atoms with Crippen molar-refractivity contribution in [2.24, 2.45) is 16.6 Å². The van der Waals surface area contributed by atoms with Gasteiger partial charge in [-0.05, 0) is 23.6 Å². The van der Waals surface area contributed by atoms with E-state index in [4.69, 9.17) is 5.73 Å². The van der Waals surface area contributed by atoms with E-state index in [-0.39, 0.29) is 0 Å². The summed E-state index contributed by atoms with van der Waals surface area (Å²) < 4.78 is 1.84. The predicted molar refractivity (Wildman–Crippen MR) is 81.7 cm³/mol. The Morgan fingerprint density at radius 3 is 2.85 bits per heavy atom. The average Bonchev–Trinajstić information content (AvgIpc) is 2.97. The smallest absolute Gasteiger partial charge is 0.188 e. The number of nitrogens with one attached hydrogen (secondary N) is 1. The quantitative estimate of drug-likeness (QED) is 0.645. The fourth-order valence-corrected chi connectivity index (χ4v) is 1.81. The van der Waals surface area contributed by atoms with E-state index in [0.717, 1.165) is 17.8 Å². The highest BCUT2D eigenvalue weighted by molar-refractivity contribution is 5.77. The number of rotatable bonds is 5. The van der Waals surface area contributed by atoms with Crippen LogP contribution in [0.4, 0.5) is 0 Å². The minimum atomic E-state index is 0.481. The number of hydrogen-bond donors (Lipinski definition) is 2. The molecule has 2 aromatic rings. The molecule has 5 heteroatoms. The Bertz CT molecular complexity index is 557. The van der Waals surface area contributed by atoms with Gasteiger partial charge in [-0.25, -0.2) is 9.67 Å². The van der Waals surface area contributed by atoms with E-state index in [1.54, 1.807) is 6.20 Å². The van der Waals surface area contributed by atoms with Crippen molar-refractivity contribution >= 4 is 5.96 Å². The normalized spacial score (nSPS) is 11.8. The maximum absolute atomic E-state index is 5.86. The summed E-state index contributed by atoms with van der Waals surface area (Å²) in [5.41, 5.74) is 7.97. The third-order valence-electron chi connectivity index (χ3n) is 2.85. The molecule has 106 valence electrons. The lowest BCUT2D eigenvalue weighted by Crippen LogP contribution is -2.34. The maximum Gasteiger partial charge on any atom is 0.188 e. The largest absolute Gasteiger partial charge is 0.370 e. The molecule has 3 N–H and O–H groups in total. The minimum Gasteiger partial charge on any atom is -0.370 e. The molecule has 0 radical (unpaired) electrons. The van der Waals surface area contributed by atoms with Crippen LogP contribution in [0.25, 0.3) is 5.69 Å². The van der Waals surface area contributed by atoms with Gasteiger partial charge in [-0.3, -0.25) is 0 Å². The molecular formula is C15H21N5. The second-order valence-electron chi connectivity index (χ2n) is 5.06. The molecule has 5 nitrogen and oxygen atoms in total. The summed E-state index contributed by atoms with van der Waals surface area (Å²) in [6.07, 6.45) is 3.68. The Hall–Kier alpha value is -2.30. The lowest BCUT2D eigenvalue weighted by molar-refractivity contribution is 0.622. The van der Waals surface area contributed by atoms with Crippen LogP contribution in [0.3, 0.4) is 0 Å². The molecule has 0 amide bonds. The number of para-hydroxylation sites is 1. The monoisotopic (exact) mass is 271 g/mol. The van der Waals surface area contributed by atoms with Gasteiger partial charge < -0.3 is 11.1 Å². The molecule has 20 heavy (non-hydrogen) atoms. The highest BCUT2D eigenvalue weighted by atomic mass is 15.3. The summed E-state index contributed by atoms with van der Waals surface area (Å²) in [5, 5.41) is 7.37. The van der Waals surface area contributed by atoms with Crippen LogP contribution >= 0.6 is 0 Å². The van der Waals surface area contributed by atoms with E-state index < -0.39 is 0 Å². The Kier molecular flexibility index (Phi) is 4.76. The van der Waals surface area contributed by atoms with Crippen LogP contribution < -0.4 is 11.1 Å². The Labute approximate surface area is 119 Å². The Morgan fingerprint density at radius 2 is 2.15 bits per heavy atom. The van der Waals surface area contributed by atoms with E-state index in [9.17, 15) is 0 Å². The molecule has 0 aliphatic carbocycles. The SMILES string of the molecule is CC(C)CNC(N)=NCc1ccccc1-n1cccn1. The number of nitrogens with two attached hydrogens (primary N) is 1. The summed E-state index contributed by atoms with van der Waals surface area (Å²) in [7, 11) is 0. The van der Waals surface area contributed by atoms with Gasteiger partial charge in [0.1, 0.15) is 0 Å². The zero-order chi connectivity index (χ0) is 14.4. The molecule has 0 aliphatic rings. The van der Waals surface area contributed by atoms with Gasteiger partial charge in [0.05, 0.1) is 12.2 Å². The number of aliphatic imine (C=N–C) groups is 1. The molecule has 0 spiro atoms. The van der Waals surface area contributed by atoms with Gasteiger partial charge in [-0.15, -0.1) is 0 Å². The van der Waals surface area contributed by atoms with Gasteiger partial charge in [-0.1, -0.05) is 32.0 Å². The number of guanidine groups is 1. The number of hydrogen-bond acceptors (Lipinski definition) is 2. The molecule has 1 aromatic heterocycles. The van der Waals surface area contributed by atoms with Crippen molar-refractivity contribution in [3.63, 3.8) is 0 Å². The molecule has 0 saturated heterocycles. The van der Waals surface area contributed by atoms with Gasteiger partial charge in [-0.2, -0.15) is 5.10 Å². The molecule has 0 fully saturated rings. The lowest BCUT2D eigenvalue weighted by Gasteiger charge is -2.10. The Morgan fingerprint density at radius 1 is 1.35 bits per heavy atom. The van der Waals surface area contributed by atoms with Crippen molar-refractivity contribution in [2.75, 3.05) is 6.54 Å². The maximum atomic E-state index is 5.86. The van der Waals surface area contributed by atoms with E-state index in [0.29, 0.717) is 18.4 Å². The number of nitrogens with zero attached hydrogens (tertiary/aromatic N) is 3. The van der Waals surface area contributed by atoms with Crippen molar-refractivity contribution in [1.29, 1.82) is 0 Å². The van der Waals surface area contributed by atoms with Crippen molar-refractivity contribution in [3.05, 3.63) is 48.3 Å². The standard InChI is InChI=1S/C15H21N5/c1-12(2)10-17-15(16)18-11-13-6-3-4-7-14(13)20-9-5-8-19-20/h3-9,12H,10-11H2,1-2H3,(H3,16,17,18). The molecule has 1 heterocycles. The minimum absolute atomic E-state index is 0.481. The van der Waals surface area contributed by atoms with Crippen molar-refractivity contribution in [2.45, 2.75) is 20.4 Å². The lowest BCUT2D eigenvalue weighted by atomic mass is 10.2. The molecule has 0 atom stereocenters. The van der Waals surface area contributed by atoms with Crippen LogP contribution in [0.15, 0.2) is 47.7 Å². The van der Waals surface area contributed by atoms with E-state index >= 15 is 0 Å². The molecule has 0 bridgehead atoms. The summed E-state index contributed by atoms with van der Waals surface area (Å²) in [5.74, 6) is 1.02. The summed E-state index contributed by atoms with van der Waals surface area (Å²) in [6, 6.07) is 9.95. The van der Waals surface area contributed by atoms with Crippen LogP contribution in [-0.4, -0.2) is 22.3 Å². The molecular weight excluding hydrogens is 250 g/mol. The van der Waals surface area contributed by atoms with E-state index in [2.05, 4.69) is 29.3 Å². The Balaban J connectivity index is 2.08. The van der Waals surface area contributed by atoms with Crippen molar-refractivity contribution in [3.8, 4) is 5.69 Å². The highest BCUT2D eigenvalue weighted by Crippen LogP contribution is 2.14. The van der Waals surface area contributed by atoms with Crippen LogP contribution in [0.2, 0.25) is 0 Å². The topological polar surface area (TPSA) is 68.2 Å². The average molecular weight is 271 g/mol. The van der Waals surface area contributed by atoms with Crippen LogP contribution in [-0.2, 0) is 6.54 Å². The van der Waals surface area contributed by atoms with E-state index in [1.807, 2.05) is 41.2 Å². The second-order valence-corrected chi connectivity index (χ2v) is 5.06. The third kappa shape index (κ3) is 3.85. The van der Waals surface area contributed by atoms with Crippen molar-refractivity contribution < 1.29 is 0 Å². The first-order valence-electron chi connectivity index (χ1n) is 6.78. The number of benzene rings is 1. The van der Waals surface area contributed by atoms with Gasteiger partial charge in [0.2, 0.25) is 0 Å². The summed E-state index contributed by atoms with van der Waals surface area (Å²) in [6.45, 7) is 5.63. The zero-order valence-corrected chi connectivity index (χ0v) is 12.0. The predicted octanol–water partition coefficient (Wildman–Crippen LogP) is 1.93. The summed E-state index contributed by atoms with van der Waals surface area (Å²) >= 11 is 0. The molecule has 2 rings (SSSR count). The number of aromatic nitrogens is 2. The fraction of sp³-hybridized carbons (Fsp3) is 0.333. The molecule has 0 aliphatic heterocycles. The van der Waals surface area contributed by atoms with Gasteiger partial charge in [0, 0.05) is 18.9 Å². The van der Waals surface area contributed by atoms with Crippen LogP contribution in [0.1, 0.15) is 19.4 Å². The van der Waals surface area contributed by atoms with Gasteiger partial charge >= 0.3 is 0 Å². The highest BCUT2D eigenvalue weighted by Gasteiger charge is 2.03. The molecule has 1 aromatic carbocycles. The van der Waals surface area contributed by atoms with Crippen LogP contribution in [0, 0.1) is 5.92 Å². The van der Waals surface area contributed by atoms with E-state index in [1.165, 1.54) is 0 Å². The first kappa shape index (κ1) is 14.1. The molecule has 0 saturated carbocycles. The summed E-state index contributed by atoms with van der Waals surface area (Å²) in [4.78, 5) is 4.38. The third-order valence-corrected chi connectivity index (χ3v) is 2.85.